The molecule has 1 rings (SSSR count). The summed E-state index contributed by atoms with van der Waals surface area (Å²) in [6.45, 7) is 8.04. The van der Waals surface area contributed by atoms with Crippen LogP contribution in [0.25, 0.3) is 0 Å². The van der Waals surface area contributed by atoms with Gasteiger partial charge in [0.05, 0.1) is 6.04 Å². The van der Waals surface area contributed by atoms with Crippen LogP contribution >= 0.6 is 35.6 Å². The van der Waals surface area contributed by atoms with E-state index in [-0.39, 0.29) is 36.6 Å². The maximum atomic E-state index is 9.16. The quantitative estimate of drug-likeness (QED) is 0.287. The third-order valence-electron chi connectivity index (χ3n) is 3.81. The fourth-order valence-electron chi connectivity index (χ4n) is 2.57. The Labute approximate surface area is 168 Å². The van der Waals surface area contributed by atoms with Crippen LogP contribution in [-0.4, -0.2) is 30.8 Å². The molecule has 0 fully saturated rings. The molecule has 1 aromatic carbocycles. The van der Waals surface area contributed by atoms with Crippen molar-refractivity contribution in [1.29, 1.82) is 0 Å². The largest absolute Gasteiger partial charge is 0.396 e. The number of hydrogen-bond donors (Lipinski definition) is 3. The number of benzene rings is 1. The summed E-state index contributed by atoms with van der Waals surface area (Å²) in [6.07, 6.45) is 3.00. The molecule has 0 saturated carbocycles. The first-order chi connectivity index (χ1) is 11.1. The molecular formula is C18H31ClIN3O. The second kappa shape index (κ2) is 13.7. The number of rotatable bonds is 9. The van der Waals surface area contributed by atoms with Crippen LogP contribution in [-0.2, 0) is 0 Å². The van der Waals surface area contributed by atoms with Gasteiger partial charge in [0.15, 0.2) is 5.96 Å². The molecule has 24 heavy (non-hydrogen) atoms. The average Bonchev–Trinajstić information content (AvgIpc) is 2.53. The van der Waals surface area contributed by atoms with Crippen molar-refractivity contribution in [3.05, 3.63) is 34.9 Å². The fourth-order valence-corrected chi connectivity index (χ4v) is 2.87. The van der Waals surface area contributed by atoms with Crippen LogP contribution in [0, 0.1) is 5.92 Å². The Morgan fingerprint density at radius 2 is 1.96 bits per heavy atom. The van der Waals surface area contributed by atoms with E-state index in [1.807, 2.05) is 24.3 Å². The van der Waals surface area contributed by atoms with Crippen molar-refractivity contribution >= 4 is 41.5 Å². The number of hydrogen-bond acceptors (Lipinski definition) is 2. The van der Waals surface area contributed by atoms with Gasteiger partial charge in [0.25, 0.3) is 0 Å². The lowest BCUT2D eigenvalue weighted by Gasteiger charge is -2.20. The lowest BCUT2D eigenvalue weighted by molar-refractivity contribution is 0.253. The topological polar surface area (TPSA) is 56.7 Å². The van der Waals surface area contributed by atoms with E-state index < -0.39 is 0 Å². The van der Waals surface area contributed by atoms with Gasteiger partial charge in [0, 0.05) is 24.7 Å². The Morgan fingerprint density at radius 1 is 1.25 bits per heavy atom. The SMILES string of the molecule is CCCC(CCO)CN=C(NCC)NC(C)c1ccccc1Cl.I. The number of aliphatic hydroxyl groups is 1. The average molecular weight is 468 g/mol. The van der Waals surface area contributed by atoms with Gasteiger partial charge in [0.2, 0.25) is 0 Å². The Hall–Kier alpha value is -0.530. The van der Waals surface area contributed by atoms with Crippen molar-refractivity contribution < 1.29 is 5.11 Å². The predicted molar refractivity (Wildman–Crippen MR) is 114 cm³/mol. The van der Waals surface area contributed by atoms with Gasteiger partial charge in [0.1, 0.15) is 0 Å². The Kier molecular flexibility index (Phi) is 13.4. The highest BCUT2D eigenvalue weighted by molar-refractivity contribution is 14.0. The number of halogens is 2. The molecule has 0 aliphatic heterocycles. The Balaban J connectivity index is 0.00000529. The van der Waals surface area contributed by atoms with E-state index in [2.05, 4.69) is 36.4 Å². The molecule has 0 spiro atoms. The standard InChI is InChI=1S/C18H30ClN3O.HI/c1-4-8-15(11-12-23)13-21-18(20-5-2)22-14(3)16-9-6-7-10-17(16)19;/h6-7,9-10,14-15,23H,4-5,8,11-13H2,1-3H3,(H2,20,21,22);1H. The van der Waals surface area contributed by atoms with Gasteiger partial charge in [-0.1, -0.05) is 43.1 Å². The lowest BCUT2D eigenvalue weighted by Crippen LogP contribution is -2.39. The van der Waals surface area contributed by atoms with Gasteiger partial charge in [-0.25, -0.2) is 0 Å². The number of guanidine groups is 1. The van der Waals surface area contributed by atoms with E-state index in [4.69, 9.17) is 16.7 Å². The molecule has 0 saturated heterocycles. The maximum Gasteiger partial charge on any atom is 0.191 e. The van der Waals surface area contributed by atoms with Crippen LogP contribution < -0.4 is 10.6 Å². The summed E-state index contributed by atoms with van der Waals surface area (Å²) in [7, 11) is 0. The van der Waals surface area contributed by atoms with Gasteiger partial charge in [-0.2, -0.15) is 0 Å². The van der Waals surface area contributed by atoms with E-state index in [1.165, 1.54) is 0 Å². The van der Waals surface area contributed by atoms with Crippen molar-refractivity contribution in [3.63, 3.8) is 0 Å². The zero-order valence-electron chi connectivity index (χ0n) is 14.9. The molecule has 0 bridgehead atoms. The highest BCUT2D eigenvalue weighted by atomic mass is 127. The molecule has 0 radical (unpaired) electrons. The Morgan fingerprint density at radius 3 is 2.54 bits per heavy atom. The first kappa shape index (κ1) is 23.5. The first-order valence-corrected chi connectivity index (χ1v) is 8.90. The van der Waals surface area contributed by atoms with Gasteiger partial charge >= 0.3 is 0 Å². The summed E-state index contributed by atoms with van der Waals surface area (Å²) in [4.78, 5) is 4.69. The van der Waals surface area contributed by atoms with Crippen LogP contribution in [0.1, 0.15) is 51.6 Å². The molecule has 0 aliphatic rings. The van der Waals surface area contributed by atoms with Crippen molar-refractivity contribution in [3.8, 4) is 0 Å². The molecule has 138 valence electrons. The first-order valence-electron chi connectivity index (χ1n) is 8.52. The summed E-state index contributed by atoms with van der Waals surface area (Å²) in [5.74, 6) is 1.22. The monoisotopic (exact) mass is 467 g/mol. The van der Waals surface area contributed by atoms with Gasteiger partial charge in [-0.15, -0.1) is 24.0 Å². The van der Waals surface area contributed by atoms with Crippen LogP contribution in [0.3, 0.4) is 0 Å². The summed E-state index contributed by atoms with van der Waals surface area (Å²) in [5, 5.41) is 16.6. The van der Waals surface area contributed by atoms with Gasteiger partial charge in [-0.05, 0) is 44.2 Å². The highest BCUT2D eigenvalue weighted by Crippen LogP contribution is 2.22. The van der Waals surface area contributed by atoms with Crippen molar-refractivity contribution in [2.24, 2.45) is 10.9 Å². The fraction of sp³-hybridized carbons (Fsp3) is 0.611. The molecule has 0 aromatic heterocycles. The summed E-state index contributed by atoms with van der Waals surface area (Å²) < 4.78 is 0. The second-order valence-electron chi connectivity index (χ2n) is 5.77. The third-order valence-corrected chi connectivity index (χ3v) is 4.16. The highest BCUT2D eigenvalue weighted by Gasteiger charge is 2.12. The maximum absolute atomic E-state index is 9.16. The van der Waals surface area contributed by atoms with Gasteiger partial charge in [-0.3, -0.25) is 4.99 Å². The summed E-state index contributed by atoms with van der Waals surface area (Å²) >= 11 is 6.26. The minimum Gasteiger partial charge on any atom is -0.396 e. The molecule has 0 amide bonds. The molecule has 2 atom stereocenters. The molecule has 6 heteroatoms. The number of nitrogens with zero attached hydrogens (tertiary/aromatic N) is 1. The normalized spacial score (nSPS) is 13.8. The summed E-state index contributed by atoms with van der Waals surface area (Å²) in [6, 6.07) is 7.92. The molecular weight excluding hydrogens is 437 g/mol. The minimum atomic E-state index is 0. The van der Waals surface area contributed by atoms with E-state index in [1.54, 1.807) is 0 Å². The van der Waals surface area contributed by atoms with Crippen LogP contribution in [0.4, 0.5) is 0 Å². The molecule has 0 heterocycles. The number of aliphatic imine (C=N–C) groups is 1. The molecule has 1 aromatic rings. The smallest absolute Gasteiger partial charge is 0.191 e. The van der Waals surface area contributed by atoms with Crippen molar-refractivity contribution in [1.82, 2.24) is 10.6 Å². The third kappa shape index (κ3) is 8.53. The minimum absolute atomic E-state index is 0. The van der Waals surface area contributed by atoms with Crippen LogP contribution in [0.2, 0.25) is 5.02 Å². The van der Waals surface area contributed by atoms with Crippen molar-refractivity contribution in [2.75, 3.05) is 19.7 Å². The summed E-state index contributed by atoms with van der Waals surface area (Å²) in [5.41, 5.74) is 1.06. The molecule has 3 N–H and O–H groups in total. The van der Waals surface area contributed by atoms with E-state index >= 15 is 0 Å². The van der Waals surface area contributed by atoms with Crippen molar-refractivity contribution in [2.45, 2.75) is 46.1 Å². The second-order valence-corrected chi connectivity index (χ2v) is 6.18. The molecule has 4 nitrogen and oxygen atoms in total. The van der Waals surface area contributed by atoms with Crippen LogP contribution in [0.15, 0.2) is 29.3 Å². The van der Waals surface area contributed by atoms with Crippen LogP contribution in [0.5, 0.6) is 0 Å². The molecule has 2 unspecified atom stereocenters. The van der Waals surface area contributed by atoms with E-state index in [0.717, 1.165) is 48.9 Å². The lowest BCUT2D eigenvalue weighted by atomic mass is 10.0. The predicted octanol–water partition coefficient (Wildman–Crippen LogP) is 4.37. The van der Waals surface area contributed by atoms with E-state index in [0.29, 0.717) is 5.92 Å². The van der Waals surface area contributed by atoms with E-state index in [9.17, 15) is 0 Å². The zero-order chi connectivity index (χ0) is 17.1. The molecule has 0 aliphatic carbocycles. The number of aliphatic hydroxyl groups excluding tert-OH is 1. The Bertz CT molecular complexity index is 479. The zero-order valence-corrected chi connectivity index (χ0v) is 18.0. The number of nitrogens with one attached hydrogen (secondary N) is 2. The van der Waals surface area contributed by atoms with Gasteiger partial charge < -0.3 is 15.7 Å².